The molecule has 0 aliphatic carbocycles. The second-order valence-electron chi connectivity index (χ2n) is 2.25. The predicted octanol–water partition coefficient (Wildman–Crippen LogP) is 2.76. The Labute approximate surface area is 72.6 Å². The van der Waals surface area contributed by atoms with E-state index in [1.54, 1.807) is 0 Å². The van der Waals surface area contributed by atoms with E-state index in [1.165, 1.54) is 0 Å². The van der Waals surface area contributed by atoms with Gasteiger partial charge >= 0.3 is 18.2 Å². The van der Waals surface area contributed by atoms with Gasteiger partial charge in [-0.1, -0.05) is 0 Å². The lowest BCUT2D eigenvalue weighted by Crippen LogP contribution is -2.56. The van der Waals surface area contributed by atoms with Crippen molar-refractivity contribution in [3.63, 3.8) is 0 Å². The van der Waals surface area contributed by atoms with Gasteiger partial charge in [0.25, 0.3) is 6.17 Å². The van der Waals surface area contributed by atoms with Gasteiger partial charge in [-0.2, -0.15) is 30.7 Å². The molecule has 0 aliphatic heterocycles. The first-order valence-electron chi connectivity index (χ1n) is 2.98. The highest BCUT2D eigenvalue weighted by Gasteiger charge is 2.70. The number of alkyl halides is 8. The van der Waals surface area contributed by atoms with E-state index in [4.69, 9.17) is 0 Å². The fourth-order valence-electron chi connectivity index (χ4n) is 0.573. The molecule has 86 valence electrons. The molecule has 14 heavy (non-hydrogen) atoms. The quantitative estimate of drug-likeness (QED) is 0.665. The van der Waals surface area contributed by atoms with Crippen molar-refractivity contribution in [2.75, 3.05) is 7.11 Å². The lowest BCUT2D eigenvalue weighted by Gasteiger charge is -2.29. The van der Waals surface area contributed by atoms with Crippen LogP contribution in [-0.4, -0.2) is 31.5 Å². The minimum absolute atomic E-state index is 0.00813. The van der Waals surface area contributed by atoms with Crippen molar-refractivity contribution in [2.45, 2.75) is 24.4 Å². The Morgan fingerprint density at radius 1 is 0.929 bits per heavy atom. The third-order valence-electron chi connectivity index (χ3n) is 1.30. The molecule has 0 fully saturated rings. The first-order valence-corrected chi connectivity index (χ1v) is 2.98. The molecular formula is C5H4F8O. The van der Waals surface area contributed by atoms with Crippen LogP contribution in [0, 0.1) is 0 Å². The maximum Gasteiger partial charge on any atom is 0.451 e. The molecule has 1 nitrogen and oxygen atoms in total. The molecule has 0 aromatic rings. The smallest absolute Gasteiger partial charge is 0.340 e. The second-order valence-corrected chi connectivity index (χ2v) is 2.25. The Morgan fingerprint density at radius 3 is 1.36 bits per heavy atom. The monoisotopic (exact) mass is 232 g/mol. The summed E-state index contributed by atoms with van der Waals surface area (Å²) in [5, 5.41) is 0. The summed E-state index contributed by atoms with van der Waals surface area (Å²) >= 11 is 0. The molecule has 0 bridgehead atoms. The third kappa shape index (κ3) is 2.25. The minimum atomic E-state index is -6.10. The SMILES string of the molecule is COC(F)(C(F)C(F)(F)F)C(F)(F)F. The maximum atomic E-state index is 12.5. The summed E-state index contributed by atoms with van der Waals surface area (Å²) in [5.41, 5.74) is 0. The summed E-state index contributed by atoms with van der Waals surface area (Å²) in [4.78, 5) is 0. The molecule has 0 amide bonds. The van der Waals surface area contributed by atoms with Crippen LogP contribution in [0.25, 0.3) is 0 Å². The van der Waals surface area contributed by atoms with Crippen molar-refractivity contribution < 1.29 is 39.9 Å². The Balaban J connectivity index is 5.07. The van der Waals surface area contributed by atoms with Crippen molar-refractivity contribution in [2.24, 2.45) is 0 Å². The average molecular weight is 232 g/mol. The molecule has 0 radical (unpaired) electrons. The molecule has 9 heteroatoms. The van der Waals surface area contributed by atoms with Crippen LogP contribution in [0.3, 0.4) is 0 Å². The molecule has 0 aliphatic rings. The predicted molar refractivity (Wildman–Crippen MR) is 27.9 cm³/mol. The molecular weight excluding hydrogens is 228 g/mol. The highest BCUT2D eigenvalue weighted by molar-refractivity contribution is 4.89. The first kappa shape index (κ1) is 13.4. The molecule has 0 saturated heterocycles. The standard InChI is InChI=1S/C5H4F8O/c1-14-3(7,5(11,12)13)2(6)4(8,9)10/h2H,1H3. The molecule has 0 spiro atoms. The van der Waals surface area contributed by atoms with Crippen molar-refractivity contribution in [3.05, 3.63) is 0 Å². The maximum absolute atomic E-state index is 12.5. The summed E-state index contributed by atoms with van der Waals surface area (Å²) in [6.45, 7) is 0. The number of rotatable bonds is 2. The molecule has 0 saturated carbocycles. The largest absolute Gasteiger partial charge is 0.451 e. The van der Waals surface area contributed by atoms with Crippen LogP contribution in [0.4, 0.5) is 35.1 Å². The Bertz CT molecular complexity index is 195. The van der Waals surface area contributed by atoms with Crippen molar-refractivity contribution in [1.82, 2.24) is 0 Å². The Kier molecular flexibility index (Phi) is 3.37. The molecule has 0 aromatic heterocycles. The highest BCUT2D eigenvalue weighted by Crippen LogP contribution is 2.44. The lowest BCUT2D eigenvalue weighted by atomic mass is 10.1. The van der Waals surface area contributed by atoms with E-state index in [2.05, 4.69) is 4.74 Å². The van der Waals surface area contributed by atoms with Gasteiger partial charge in [0.2, 0.25) is 0 Å². The molecule has 0 heterocycles. The van der Waals surface area contributed by atoms with Crippen molar-refractivity contribution in [1.29, 1.82) is 0 Å². The van der Waals surface area contributed by atoms with Gasteiger partial charge in [-0.3, -0.25) is 0 Å². The van der Waals surface area contributed by atoms with Crippen molar-refractivity contribution in [3.8, 4) is 0 Å². The fraction of sp³-hybridized carbons (Fsp3) is 1.00. The zero-order chi connectivity index (χ0) is 11.8. The molecule has 0 N–H and O–H groups in total. The first-order chi connectivity index (χ1) is 5.97. The van der Waals surface area contributed by atoms with Gasteiger partial charge in [0.15, 0.2) is 0 Å². The lowest BCUT2D eigenvalue weighted by molar-refractivity contribution is -0.379. The summed E-state index contributed by atoms with van der Waals surface area (Å²) in [5.74, 6) is -5.37. The Hall–Kier alpha value is -0.600. The van der Waals surface area contributed by atoms with E-state index in [1.807, 2.05) is 0 Å². The van der Waals surface area contributed by atoms with Crippen LogP contribution >= 0.6 is 0 Å². The average Bonchev–Trinajstić information content (AvgIpc) is 1.97. The van der Waals surface area contributed by atoms with E-state index >= 15 is 0 Å². The van der Waals surface area contributed by atoms with E-state index < -0.39 is 24.4 Å². The van der Waals surface area contributed by atoms with Gasteiger partial charge in [0.05, 0.1) is 0 Å². The number of hydrogen-bond donors (Lipinski definition) is 0. The molecule has 0 aromatic carbocycles. The van der Waals surface area contributed by atoms with Crippen LogP contribution < -0.4 is 0 Å². The molecule has 0 rings (SSSR count). The molecule has 2 atom stereocenters. The Morgan fingerprint density at radius 2 is 1.29 bits per heavy atom. The zero-order valence-electron chi connectivity index (χ0n) is 6.51. The number of halogens is 8. The van der Waals surface area contributed by atoms with Crippen LogP contribution in [0.5, 0.6) is 0 Å². The highest BCUT2D eigenvalue weighted by atomic mass is 19.4. The van der Waals surface area contributed by atoms with Gasteiger partial charge < -0.3 is 4.74 Å². The fourth-order valence-corrected chi connectivity index (χ4v) is 0.573. The number of ether oxygens (including phenoxy) is 1. The third-order valence-corrected chi connectivity index (χ3v) is 1.30. The van der Waals surface area contributed by atoms with Crippen LogP contribution in [0.15, 0.2) is 0 Å². The van der Waals surface area contributed by atoms with Gasteiger partial charge in [0, 0.05) is 7.11 Å². The van der Waals surface area contributed by atoms with E-state index in [0.29, 0.717) is 0 Å². The number of methoxy groups -OCH3 is 1. The summed E-state index contributed by atoms with van der Waals surface area (Å²) in [6.07, 6.45) is -16.9. The summed E-state index contributed by atoms with van der Waals surface area (Å²) in [6, 6.07) is 0. The van der Waals surface area contributed by atoms with Gasteiger partial charge in [0.1, 0.15) is 0 Å². The van der Waals surface area contributed by atoms with Crippen LogP contribution in [0.1, 0.15) is 0 Å². The van der Waals surface area contributed by atoms with Gasteiger partial charge in [-0.15, -0.1) is 0 Å². The number of hydrogen-bond acceptors (Lipinski definition) is 1. The van der Waals surface area contributed by atoms with Gasteiger partial charge in [-0.25, -0.2) is 4.39 Å². The van der Waals surface area contributed by atoms with Gasteiger partial charge in [-0.05, 0) is 0 Å². The van der Waals surface area contributed by atoms with E-state index in [9.17, 15) is 35.1 Å². The van der Waals surface area contributed by atoms with Crippen LogP contribution in [-0.2, 0) is 4.74 Å². The van der Waals surface area contributed by atoms with E-state index in [0.717, 1.165) is 0 Å². The normalized spacial score (nSPS) is 20.4. The minimum Gasteiger partial charge on any atom is -0.340 e. The molecule has 2 unspecified atom stereocenters. The second kappa shape index (κ2) is 3.52. The zero-order valence-corrected chi connectivity index (χ0v) is 6.51. The van der Waals surface area contributed by atoms with Crippen LogP contribution in [0.2, 0.25) is 0 Å². The summed E-state index contributed by atoms with van der Waals surface area (Å²) in [7, 11) is -0.00813. The topological polar surface area (TPSA) is 9.23 Å². The summed E-state index contributed by atoms with van der Waals surface area (Å²) < 4.78 is 96.8. The van der Waals surface area contributed by atoms with E-state index in [-0.39, 0.29) is 7.11 Å². The van der Waals surface area contributed by atoms with Crippen molar-refractivity contribution >= 4 is 0 Å².